The molecule has 5 nitrogen and oxygen atoms in total. The topological polar surface area (TPSA) is 68.5 Å². The predicted molar refractivity (Wildman–Crippen MR) is 97.8 cm³/mol. The first-order valence-electron chi connectivity index (χ1n) is 6.20. The number of hydrogen-bond donors (Lipinski definition) is 1. The zero-order valence-corrected chi connectivity index (χ0v) is 15.4. The number of thioether (sulfide) groups is 1. The molecule has 0 unspecified atom stereocenters. The van der Waals surface area contributed by atoms with E-state index in [4.69, 9.17) is 33.7 Å². The van der Waals surface area contributed by atoms with Gasteiger partial charge in [0.1, 0.15) is 0 Å². The van der Waals surface area contributed by atoms with Crippen LogP contribution in [0.15, 0.2) is 24.3 Å². The van der Waals surface area contributed by atoms with Gasteiger partial charge in [0.05, 0.1) is 16.0 Å². The number of aromatic nitrogens is 1. The third kappa shape index (κ3) is 5.28. The second kappa shape index (κ2) is 7.84. The Morgan fingerprint density at radius 2 is 2.14 bits per heavy atom. The maximum atomic E-state index is 10.6. The quantitative estimate of drug-likeness (QED) is 0.454. The number of para-hydroxylation sites is 1. The minimum Gasteiger partial charge on any atom is -0.457 e. The molecule has 0 bridgehead atoms. The zero-order chi connectivity index (χ0) is 16.2. The fourth-order valence-electron chi connectivity index (χ4n) is 1.69. The SMILES string of the molecule is O=S(=O)(O)CCCSC(=S)OCn1c(=S)sc2ccccc21. The number of hydrogen-bond acceptors (Lipinski definition) is 7. The number of thiazole rings is 1. The molecule has 10 heteroatoms. The highest BCUT2D eigenvalue weighted by Crippen LogP contribution is 2.23. The van der Waals surface area contributed by atoms with E-state index in [2.05, 4.69) is 0 Å². The van der Waals surface area contributed by atoms with E-state index < -0.39 is 10.1 Å². The van der Waals surface area contributed by atoms with Crippen LogP contribution >= 0.6 is 47.5 Å². The Morgan fingerprint density at radius 3 is 2.86 bits per heavy atom. The molecule has 22 heavy (non-hydrogen) atoms. The lowest BCUT2D eigenvalue weighted by atomic mass is 10.3. The van der Waals surface area contributed by atoms with E-state index in [1.165, 1.54) is 23.1 Å². The van der Waals surface area contributed by atoms with Crippen molar-refractivity contribution < 1.29 is 17.7 Å². The molecule has 2 aromatic rings. The second-order valence-electron chi connectivity index (χ2n) is 4.28. The molecule has 0 aliphatic rings. The average Bonchev–Trinajstić information content (AvgIpc) is 2.76. The summed E-state index contributed by atoms with van der Waals surface area (Å²) in [6, 6.07) is 7.85. The van der Waals surface area contributed by atoms with Crippen molar-refractivity contribution in [1.82, 2.24) is 4.57 Å². The highest BCUT2D eigenvalue weighted by Gasteiger charge is 2.08. The van der Waals surface area contributed by atoms with Gasteiger partial charge in [-0.05, 0) is 43.0 Å². The smallest absolute Gasteiger partial charge is 0.264 e. The van der Waals surface area contributed by atoms with Crippen LogP contribution in [0.5, 0.6) is 0 Å². The lowest BCUT2D eigenvalue weighted by Crippen LogP contribution is -2.07. The lowest BCUT2D eigenvalue weighted by molar-refractivity contribution is 0.241. The maximum Gasteiger partial charge on any atom is 0.264 e. The minimum absolute atomic E-state index is 0.229. The molecular formula is C12H13NO4S5. The Labute approximate surface area is 147 Å². The fraction of sp³-hybridized carbons (Fsp3) is 0.333. The van der Waals surface area contributed by atoms with Gasteiger partial charge in [-0.2, -0.15) is 8.42 Å². The number of thiocarbonyl (C=S) groups is 1. The Hall–Kier alpha value is -0.520. The molecule has 0 radical (unpaired) electrons. The van der Waals surface area contributed by atoms with Crippen molar-refractivity contribution in [3.8, 4) is 0 Å². The average molecular weight is 396 g/mol. The van der Waals surface area contributed by atoms with Gasteiger partial charge in [-0.3, -0.25) is 9.12 Å². The van der Waals surface area contributed by atoms with Gasteiger partial charge in [0, 0.05) is 5.75 Å². The first-order chi connectivity index (χ1) is 10.4. The normalized spacial score (nSPS) is 11.7. The Kier molecular flexibility index (Phi) is 6.36. The van der Waals surface area contributed by atoms with E-state index in [9.17, 15) is 8.42 Å². The van der Waals surface area contributed by atoms with Gasteiger partial charge < -0.3 is 4.74 Å². The van der Waals surface area contributed by atoms with Gasteiger partial charge in [-0.25, -0.2) is 0 Å². The molecule has 0 saturated heterocycles. The first kappa shape index (κ1) is 17.8. The number of nitrogens with zero attached hydrogens (tertiary/aromatic N) is 1. The number of benzene rings is 1. The molecule has 1 aromatic heterocycles. The molecule has 2 rings (SSSR count). The van der Waals surface area contributed by atoms with Crippen LogP contribution < -0.4 is 0 Å². The molecule has 0 spiro atoms. The van der Waals surface area contributed by atoms with Crippen molar-refractivity contribution in [3.63, 3.8) is 0 Å². The van der Waals surface area contributed by atoms with Crippen LogP contribution in [0.2, 0.25) is 0 Å². The van der Waals surface area contributed by atoms with E-state index >= 15 is 0 Å². The van der Waals surface area contributed by atoms with Crippen LogP contribution in [0.25, 0.3) is 10.2 Å². The third-order valence-corrected chi connectivity index (χ3v) is 6.20. The predicted octanol–water partition coefficient (Wildman–Crippen LogP) is 3.70. The third-order valence-electron chi connectivity index (χ3n) is 2.65. The minimum atomic E-state index is -3.91. The van der Waals surface area contributed by atoms with Gasteiger partial charge >= 0.3 is 0 Å². The summed E-state index contributed by atoms with van der Waals surface area (Å²) < 4.78 is 39.3. The van der Waals surface area contributed by atoms with Crippen molar-refractivity contribution in [2.45, 2.75) is 13.2 Å². The Balaban J connectivity index is 1.85. The van der Waals surface area contributed by atoms with Gasteiger partial charge in [-0.1, -0.05) is 23.9 Å². The molecule has 0 saturated carbocycles. The van der Waals surface area contributed by atoms with Crippen LogP contribution in [-0.4, -0.2) is 33.4 Å². The monoisotopic (exact) mass is 395 g/mol. The molecule has 1 N–H and O–H groups in total. The first-order valence-corrected chi connectivity index (χ1v) is 10.4. The van der Waals surface area contributed by atoms with Crippen LogP contribution in [0, 0.1) is 3.95 Å². The van der Waals surface area contributed by atoms with Crippen LogP contribution in [0.1, 0.15) is 6.42 Å². The largest absolute Gasteiger partial charge is 0.457 e. The van der Waals surface area contributed by atoms with Crippen molar-refractivity contribution in [3.05, 3.63) is 28.2 Å². The van der Waals surface area contributed by atoms with Gasteiger partial charge in [0.15, 0.2) is 10.7 Å². The summed E-state index contributed by atoms with van der Waals surface area (Å²) in [5.41, 5.74) is 0.997. The molecule has 0 fully saturated rings. The molecule has 0 amide bonds. The zero-order valence-electron chi connectivity index (χ0n) is 11.3. The molecule has 1 aromatic carbocycles. The van der Waals surface area contributed by atoms with E-state index in [1.54, 1.807) is 0 Å². The number of ether oxygens (including phenoxy) is 1. The molecule has 0 aliphatic heterocycles. The van der Waals surface area contributed by atoms with E-state index in [-0.39, 0.29) is 12.5 Å². The van der Waals surface area contributed by atoms with E-state index in [0.717, 1.165) is 10.2 Å². The summed E-state index contributed by atoms with van der Waals surface area (Å²) in [6.45, 7) is 0.229. The molecule has 0 aliphatic carbocycles. The van der Waals surface area contributed by atoms with E-state index in [1.807, 2.05) is 28.8 Å². The summed E-state index contributed by atoms with van der Waals surface area (Å²) in [7, 11) is -3.91. The van der Waals surface area contributed by atoms with Crippen LogP contribution in [0.3, 0.4) is 0 Å². The highest BCUT2D eigenvalue weighted by molar-refractivity contribution is 8.22. The van der Waals surface area contributed by atoms with Crippen LogP contribution in [0.4, 0.5) is 0 Å². The summed E-state index contributed by atoms with van der Waals surface area (Å²) >= 11 is 13.1. The summed E-state index contributed by atoms with van der Waals surface area (Å²) in [6.07, 6.45) is 0.313. The van der Waals surface area contributed by atoms with Crippen molar-refractivity contribution in [2.24, 2.45) is 0 Å². The lowest BCUT2D eigenvalue weighted by Gasteiger charge is -2.08. The second-order valence-corrected chi connectivity index (χ2v) is 9.22. The van der Waals surface area contributed by atoms with Gasteiger partial charge in [-0.15, -0.1) is 11.3 Å². The van der Waals surface area contributed by atoms with Crippen LogP contribution in [-0.2, 0) is 21.6 Å². The van der Waals surface area contributed by atoms with Crippen molar-refractivity contribution in [2.75, 3.05) is 11.5 Å². The molecule has 120 valence electrons. The molecular weight excluding hydrogens is 382 g/mol. The Bertz CT molecular complexity index is 823. The summed E-state index contributed by atoms with van der Waals surface area (Å²) in [5.74, 6) is 0.192. The maximum absolute atomic E-state index is 10.6. The fourth-order valence-corrected chi connectivity index (χ4v) is 4.58. The summed E-state index contributed by atoms with van der Waals surface area (Å²) in [5, 5.41) is 0. The van der Waals surface area contributed by atoms with Crippen molar-refractivity contribution >= 4 is 72.3 Å². The highest BCUT2D eigenvalue weighted by atomic mass is 32.2. The molecule has 0 atom stereocenters. The van der Waals surface area contributed by atoms with Crippen molar-refractivity contribution in [1.29, 1.82) is 0 Å². The summed E-state index contributed by atoms with van der Waals surface area (Å²) in [4.78, 5) is 0. The number of fused-ring (bicyclic) bond motifs is 1. The molecule has 1 heterocycles. The van der Waals surface area contributed by atoms with Gasteiger partial charge in [0.25, 0.3) is 10.1 Å². The Morgan fingerprint density at radius 1 is 1.41 bits per heavy atom. The standard InChI is InChI=1S/C12H13NO4S5/c14-22(15,16)7-3-6-20-12(19)17-8-13-9-4-1-2-5-10(9)21-11(13)18/h1-2,4-5H,3,6-8H2,(H,14,15,16). The van der Waals surface area contributed by atoms with E-state index in [0.29, 0.717) is 20.5 Å². The van der Waals surface area contributed by atoms with Gasteiger partial charge in [0.2, 0.25) is 4.38 Å². The number of rotatable bonds is 6.